The van der Waals surface area contributed by atoms with Gasteiger partial charge in [-0.1, -0.05) is 17.7 Å². The lowest BCUT2D eigenvalue weighted by atomic mass is 10.0. The standard InChI is InChI=1S/C15H19ClN2O3/c1-9-11(16)4-3-5-12(9)18-14(20)13(19)17-8-15(2,21)10-6-7-10/h3-5,10,21H,6-8H2,1-2H3,(H,17,19)(H,18,20)/t15-/m1/s1. The van der Waals surface area contributed by atoms with Gasteiger partial charge < -0.3 is 15.7 Å². The molecule has 21 heavy (non-hydrogen) atoms. The maximum atomic E-state index is 11.8. The number of hydrogen-bond donors (Lipinski definition) is 3. The number of amides is 2. The second-order valence-corrected chi connectivity index (χ2v) is 6.09. The van der Waals surface area contributed by atoms with Gasteiger partial charge in [-0.2, -0.15) is 0 Å². The Morgan fingerprint density at radius 3 is 2.67 bits per heavy atom. The van der Waals surface area contributed by atoms with Crippen molar-refractivity contribution in [1.82, 2.24) is 5.32 Å². The molecule has 0 unspecified atom stereocenters. The zero-order valence-electron chi connectivity index (χ0n) is 12.1. The summed E-state index contributed by atoms with van der Waals surface area (Å²) in [6, 6.07) is 5.08. The molecule has 0 aliphatic heterocycles. The van der Waals surface area contributed by atoms with Crippen molar-refractivity contribution in [2.45, 2.75) is 32.3 Å². The first-order valence-electron chi connectivity index (χ1n) is 6.88. The number of carbonyl (C=O) groups is 2. The van der Waals surface area contributed by atoms with E-state index in [1.54, 1.807) is 32.0 Å². The molecule has 1 atom stereocenters. The second kappa shape index (κ2) is 6.03. The van der Waals surface area contributed by atoms with Crippen molar-refractivity contribution in [1.29, 1.82) is 0 Å². The van der Waals surface area contributed by atoms with E-state index in [-0.39, 0.29) is 12.5 Å². The van der Waals surface area contributed by atoms with Crippen molar-refractivity contribution in [2.75, 3.05) is 11.9 Å². The smallest absolute Gasteiger partial charge is 0.313 e. The molecule has 2 amide bonds. The lowest BCUT2D eigenvalue weighted by Gasteiger charge is -2.23. The fourth-order valence-electron chi connectivity index (χ4n) is 2.11. The minimum Gasteiger partial charge on any atom is -0.388 e. The van der Waals surface area contributed by atoms with Gasteiger partial charge in [0.1, 0.15) is 0 Å². The molecule has 1 saturated carbocycles. The van der Waals surface area contributed by atoms with Gasteiger partial charge in [0.15, 0.2) is 0 Å². The third kappa shape index (κ3) is 3.95. The van der Waals surface area contributed by atoms with Crippen LogP contribution in [0, 0.1) is 12.8 Å². The van der Waals surface area contributed by atoms with Gasteiger partial charge in [0, 0.05) is 17.3 Å². The lowest BCUT2D eigenvalue weighted by molar-refractivity contribution is -0.136. The van der Waals surface area contributed by atoms with E-state index in [4.69, 9.17) is 11.6 Å². The molecule has 114 valence electrons. The molecule has 1 aromatic rings. The van der Waals surface area contributed by atoms with E-state index >= 15 is 0 Å². The second-order valence-electron chi connectivity index (χ2n) is 5.68. The first kappa shape index (κ1) is 15.8. The maximum Gasteiger partial charge on any atom is 0.313 e. The highest BCUT2D eigenvalue weighted by Crippen LogP contribution is 2.38. The first-order valence-corrected chi connectivity index (χ1v) is 7.26. The van der Waals surface area contributed by atoms with E-state index in [1.807, 2.05) is 0 Å². The van der Waals surface area contributed by atoms with E-state index in [2.05, 4.69) is 10.6 Å². The van der Waals surface area contributed by atoms with Crippen LogP contribution in [0.1, 0.15) is 25.3 Å². The number of anilines is 1. The number of rotatable bonds is 4. The number of benzene rings is 1. The van der Waals surface area contributed by atoms with Crippen molar-refractivity contribution < 1.29 is 14.7 Å². The minimum atomic E-state index is -0.956. The molecule has 1 aliphatic rings. The summed E-state index contributed by atoms with van der Waals surface area (Å²) in [6.07, 6.45) is 1.91. The van der Waals surface area contributed by atoms with Crippen LogP contribution < -0.4 is 10.6 Å². The van der Waals surface area contributed by atoms with Crippen LogP contribution in [0.25, 0.3) is 0 Å². The molecule has 2 rings (SSSR count). The third-order valence-corrected chi connectivity index (χ3v) is 4.20. The zero-order valence-corrected chi connectivity index (χ0v) is 12.8. The Balaban J connectivity index is 1.90. The molecule has 0 saturated heterocycles. The number of halogens is 1. The number of aliphatic hydroxyl groups is 1. The molecule has 1 aromatic carbocycles. The Kier molecular flexibility index (Phi) is 4.54. The monoisotopic (exact) mass is 310 g/mol. The highest BCUT2D eigenvalue weighted by Gasteiger charge is 2.40. The average molecular weight is 311 g/mol. The van der Waals surface area contributed by atoms with E-state index < -0.39 is 17.4 Å². The quantitative estimate of drug-likeness (QED) is 0.743. The highest BCUT2D eigenvalue weighted by atomic mass is 35.5. The van der Waals surface area contributed by atoms with Gasteiger partial charge in [-0.05, 0) is 50.3 Å². The van der Waals surface area contributed by atoms with E-state index in [1.165, 1.54) is 0 Å². The summed E-state index contributed by atoms with van der Waals surface area (Å²) in [4.78, 5) is 23.6. The Morgan fingerprint density at radius 2 is 2.05 bits per heavy atom. The predicted molar refractivity (Wildman–Crippen MR) is 81.2 cm³/mol. The van der Waals surface area contributed by atoms with Crippen LogP contribution in [0.3, 0.4) is 0 Å². The van der Waals surface area contributed by atoms with Crippen LogP contribution in [0.2, 0.25) is 5.02 Å². The van der Waals surface area contributed by atoms with Crippen molar-refractivity contribution in [2.24, 2.45) is 5.92 Å². The van der Waals surface area contributed by atoms with E-state index in [0.29, 0.717) is 16.3 Å². The molecule has 0 aromatic heterocycles. The number of carbonyl (C=O) groups excluding carboxylic acids is 2. The van der Waals surface area contributed by atoms with Gasteiger partial charge >= 0.3 is 11.8 Å². The number of hydrogen-bond acceptors (Lipinski definition) is 3. The largest absolute Gasteiger partial charge is 0.388 e. The molecular formula is C15H19ClN2O3. The third-order valence-electron chi connectivity index (χ3n) is 3.79. The number of nitrogens with one attached hydrogen (secondary N) is 2. The van der Waals surface area contributed by atoms with Gasteiger partial charge in [0.2, 0.25) is 0 Å². The summed E-state index contributed by atoms with van der Waals surface area (Å²) in [5.74, 6) is -1.33. The molecule has 5 nitrogen and oxygen atoms in total. The van der Waals surface area contributed by atoms with Gasteiger partial charge in [-0.25, -0.2) is 0 Å². The minimum absolute atomic E-state index is 0.0679. The fraction of sp³-hybridized carbons (Fsp3) is 0.467. The normalized spacial score (nSPS) is 17.0. The van der Waals surface area contributed by atoms with Crippen molar-refractivity contribution in [3.63, 3.8) is 0 Å². The summed E-state index contributed by atoms with van der Waals surface area (Å²) < 4.78 is 0. The molecule has 3 N–H and O–H groups in total. The van der Waals surface area contributed by atoms with Gasteiger partial charge in [-0.3, -0.25) is 9.59 Å². The fourth-order valence-corrected chi connectivity index (χ4v) is 2.29. The zero-order chi connectivity index (χ0) is 15.6. The SMILES string of the molecule is Cc1c(Cl)cccc1NC(=O)C(=O)NC[C@@](C)(O)C1CC1. The molecule has 0 spiro atoms. The molecule has 1 aliphatic carbocycles. The Hall–Kier alpha value is -1.59. The maximum absolute atomic E-state index is 11.8. The Bertz CT molecular complexity index is 568. The molecule has 0 radical (unpaired) electrons. The van der Waals surface area contributed by atoms with Crippen molar-refractivity contribution in [3.8, 4) is 0 Å². The van der Waals surface area contributed by atoms with E-state index in [0.717, 1.165) is 12.8 Å². The Morgan fingerprint density at radius 1 is 1.38 bits per heavy atom. The van der Waals surface area contributed by atoms with Crippen LogP contribution in [-0.2, 0) is 9.59 Å². The molecule has 1 fully saturated rings. The summed E-state index contributed by atoms with van der Waals surface area (Å²) in [5.41, 5.74) is 0.240. The van der Waals surface area contributed by atoms with Crippen LogP contribution in [0.5, 0.6) is 0 Å². The summed E-state index contributed by atoms with van der Waals surface area (Å²) in [5, 5.41) is 15.6. The average Bonchev–Trinajstić information content (AvgIpc) is 3.26. The molecule has 6 heteroatoms. The molecule has 0 bridgehead atoms. The van der Waals surface area contributed by atoms with Gasteiger partial charge in [0.25, 0.3) is 0 Å². The van der Waals surface area contributed by atoms with Gasteiger partial charge in [0.05, 0.1) is 5.60 Å². The highest BCUT2D eigenvalue weighted by molar-refractivity contribution is 6.40. The molecular weight excluding hydrogens is 292 g/mol. The topological polar surface area (TPSA) is 78.4 Å². The van der Waals surface area contributed by atoms with Crippen molar-refractivity contribution >= 4 is 29.1 Å². The van der Waals surface area contributed by atoms with Crippen LogP contribution in [0.15, 0.2) is 18.2 Å². The van der Waals surface area contributed by atoms with Crippen LogP contribution >= 0.6 is 11.6 Å². The summed E-state index contributed by atoms with van der Waals surface area (Å²) >= 11 is 5.95. The Labute approximate surface area is 128 Å². The van der Waals surface area contributed by atoms with Crippen molar-refractivity contribution in [3.05, 3.63) is 28.8 Å². The first-order chi connectivity index (χ1) is 9.81. The predicted octanol–water partition coefficient (Wildman–Crippen LogP) is 1.86. The summed E-state index contributed by atoms with van der Waals surface area (Å²) in [6.45, 7) is 3.50. The van der Waals surface area contributed by atoms with Crippen LogP contribution in [0.4, 0.5) is 5.69 Å². The van der Waals surface area contributed by atoms with Crippen LogP contribution in [-0.4, -0.2) is 29.1 Å². The van der Waals surface area contributed by atoms with E-state index in [9.17, 15) is 14.7 Å². The lowest BCUT2D eigenvalue weighted by Crippen LogP contribution is -2.45. The summed E-state index contributed by atoms with van der Waals surface area (Å²) in [7, 11) is 0. The molecule has 0 heterocycles. The van der Waals surface area contributed by atoms with Gasteiger partial charge in [-0.15, -0.1) is 0 Å².